The molecule has 1 aliphatic rings. The third-order valence-corrected chi connectivity index (χ3v) is 5.04. The van der Waals surface area contributed by atoms with Gasteiger partial charge in [0.15, 0.2) is 0 Å². The minimum atomic E-state index is -0.582. The van der Waals surface area contributed by atoms with Gasteiger partial charge >= 0.3 is 0 Å². The Hall–Kier alpha value is -4.00. The van der Waals surface area contributed by atoms with Gasteiger partial charge in [-0.25, -0.2) is 0 Å². The highest BCUT2D eigenvalue weighted by Crippen LogP contribution is 2.40. The molecule has 3 aromatic rings. The van der Waals surface area contributed by atoms with Gasteiger partial charge in [-0.15, -0.1) is 0 Å². The number of non-ortho nitro benzene ring substituents is 1. The van der Waals surface area contributed by atoms with Gasteiger partial charge in [0.05, 0.1) is 26.9 Å². The molecule has 0 spiro atoms. The summed E-state index contributed by atoms with van der Waals surface area (Å²) >= 11 is 0. The zero-order valence-electron chi connectivity index (χ0n) is 15.6. The molecule has 0 radical (unpaired) electrons. The number of anilines is 1. The third-order valence-electron chi connectivity index (χ3n) is 5.04. The molecule has 0 saturated carbocycles. The van der Waals surface area contributed by atoms with Crippen molar-refractivity contribution in [3.8, 4) is 0 Å². The lowest BCUT2D eigenvalue weighted by Gasteiger charge is -2.26. The second-order valence-electron chi connectivity index (χ2n) is 6.61. The first-order valence-electron chi connectivity index (χ1n) is 9.11. The van der Waals surface area contributed by atoms with Crippen molar-refractivity contribution in [2.75, 3.05) is 11.4 Å². The monoisotopic (exact) mass is 387 g/mol. The van der Waals surface area contributed by atoms with E-state index in [1.807, 2.05) is 43.5 Å². The second kappa shape index (κ2) is 7.20. The van der Waals surface area contributed by atoms with Crippen molar-refractivity contribution in [2.24, 2.45) is 0 Å². The Morgan fingerprint density at radius 1 is 0.931 bits per heavy atom. The predicted octanol–water partition coefficient (Wildman–Crippen LogP) is 5.55. The van der Waals surface area contributed by atoms with Crippen LogP contribution in [-0.4, -0.2) is 16.4 Å². The van der Waals surface area contributed by atoms with Crippen LogP contribution >= 0.6 is 0 Å². The Morgan fingerprint density at radius 2 is 1.59 bits per heavy atom. The number of rotatable bonds is 4. The molecule has 0 saturated heterocycles. The lowest BCUT2D eigenvalue weighted by atomic mass is 9.94. The van der Waals surface area contributed by atoms with Crippen molar-refractivity contribution in [3.63, 3.8) is 0 Å². The summed E-state index contributed by atoms with van der Waals surface area (Å²) in [6, 6.07) is 15.6. The number of nitrogens with zero attached hydrogens (tertiary/aromatic N) is 3. The van der Waals surface area contributed by atoms with Crippen LogP contribution in [0.1, 0.15) is 18.1 Å². The van der Waals surface area contributed by atoms with Gasteiger partial charge in [0.2, 0.25) is 0 Å². The first kappa shape index (κ1) is 18.4. The lowest BCUT2D eigenvalue weighted by molar-refractivity contribution is -0.393. The van der Waals surface area contributed by atoms with E-state index in [-0.39, 0.29) is 11.4 Å². The fourth-order valence-corrected chi connectivity index (χ4v) is 3.68. The summed E-state index contributed by atoms with van der Waals surface area (Å²) in [5.41, 5.74) is 2.58. The highest BCUT2D eigenvalue weighted by Gasteiger charge is 2.25. The minimum Gasteiger partial charge on any atom is -0.348 e. The molecule has 1 heterocycles. The predicted molar refractivity (Wildman–Crippen MR) is 114 cm³/mol. The number of fused-ring (bicyclic) bond motifs is 2. The van der Waals surface area contributed by atoms with Crippen LogP contribution in [0.5, 0.6) is 0 Å². The maximum atomic E-state index is 11.8. The second-order valence-corrected chi connectivity index (χ2v) is 6.61. The molecule has 0 aromatic heterocycles. The molecule has 4 rings (SSSR count). The Labute approximate surface area is 166 Å². The summed E-state index contributed by atoms with van der Waals surface area (Å²) in [6.45, 7) is 2.84. The number of para-hydroxylation sites is 1. The number of hydrogen-bond donors (Lipinski definition) is 0. The van der Waals surface area contributed by atoms with Crippen LogP contribution in [0.4, 0.5) is 17.1 Å². The van der Waals surface area contributed by atoms with Gasteiger partial charge in [-0.05, 0) is 36.8 Å². The van der Waals surface area contributed by atoms with Crippen LogP contribution in [0.25, 0.3) is 22.4 Å². The number of hydrogen-bond acceptors (Lipinski definition) is 5. The SMILES string of the molecule is CCN1C=C/C(=C/c2c([N+](=O)[O-])cc([N+](=O)[O-])c3ccccc23)c2ccccc21. The van der Waals surface area contributed by atoms with Crippen LogP contribution in [0.3, 0.4) is 0 Å². The zero-order chi connectivity index (χ0) is 20.5. The van der Waals surface area contributed by atoms with Crippen molar-refractivity contribution in [3.05, 3.63) is 98.2 Å². The quantitative estimate of drug-likeness (QED) is 0.432. The van der Waals surface area contributed by atoms with E-state index >= 15 is 0 Å². The maximum absolute atomic E-state index is 11.8. The van der Waals surface area contributed by atoms with Crippen LogP contribution in [0, 0.1) is 20.2 Å². The molecule has 0 bridgehead atoms. The normalized spacial score (nSPS) is 14.2. The molecule has 1 aliphatic heterocycles. The van der Waals surface area contributed by atoms with Gasteiger partial charge in [-0.2, -0.15) is 0 Å². The molecule has 7 heteroatoms. The summed E-state index contributed by atoms with van der Waals surface area (Å²) in [5, 5.41) is 24.1. The van der Waals surface area contributed by atoms with Gasteiger partial charge in [-0.1, -0.05) is 36.4 Å². The smallest absolute Gasteiger partial charge is 0.284 e. The Morgan fingerprint density at radius 3 is 2.28 bits per heavy atom. The van der Waals surface area contributed by atoms with Crippen LogP contribution in [0.15, 0.2) is 66.9 Å². The van der Waals surface area contributed by atoms with Crippen LogP contribution in [0.2, 0.25) is 0 Å². The van der Waals surface area contributed by atoms with E-state index < -0.39 is 9.85 Å². The Kier molecular flexibility index (Phi) is 4.56. The van der Waals surface area contributed by atoms with Crippen molar-refractivity contribution in [1.29, 1.82) is 0 Å². The van der Waals surface area contributed by atoms with Crippen molar-refractivity contribution < 1.29 is 9.85 Å². The molecular formula is C22H17N3O4. The summed E-state index contributed by atoms with van der Waals surface area (Å²) in [5.74, 6) is 0. The minimum absolute atomic E-state index is 0.272. The summed E-state index contributed by atoms with van der Waals surface area (Å²) in [6.07, 6.45) is 5.59. The number of allylic oxidation sites excluding steroid dienone is 2. The first-order chi connectivity index (χ1) is 14.0. The fraction of sp³-hybridized carbons (Fsp3) is 0.0909. The number of nitro benzene ring substituents is 2. The van der Waals surface area contributed by atoms with E-state index in [2.05, 4.69) is 4.90 Å². The van der Waals surface area contributed by atoms with Gasteiger partial charge in [0.25, 0.3) is 11.4 Å². The van der Waals surface area contributed by atoms with Crippen LogP contribution < -0.4 is 4.90 Å². The van der Waals surface area contributed by atoms with Crippen molar-refractivity contribution in [1.82, 2.24) is 0 Å². The zero-order valence-corrected chi connectivity index (χ0v) is 15.6. The van der Waals surface area contributed by atoms with E-state index in [1.165, 1.54) is 0 Å². The molecule has 0 fully saturated rings. The van der Waals surface area contributed by atoms with E-state index in [0.29, 0.717) is 16.3 Å². The fourth-order valence-electron chi connectivity index (χ4n) is 3.68. The topological polar surface area (TPSA) is 89.5 Å². The molecule has 0 aliphatic carbocycles. The molecule has 0 atom stereocenters. The molecule has 29 heavy (non-hydrogen) atoms. The van der Waals surface area contributed by atoms with Gasteiger partial charge < -0.3 is 4.90 Å². The van der Waals surface area contributed by atoms with Gasteiger partial charge in [0, 0.05) is 29.4 Å². The molecule has 0 unspecified atom stereocenters. The number of benzene rings is 3. The molecule has 3 aromatic carbocycles. The third kappa shape index (κ3) is 3.12. The van der Waals surface area contributed by atoms with Gasteiger partial charge in [-0.3, -0.25) is 20.2 Å². The largest absolute Gasteiger partial charge is 0.348 e. The highest BCUT2D eigenvalue weighted by molar-refractivity contribution is 6.05. The maximum Gasteiger partial charge on any atom is 0.284 e. The van der Waals surface area contributed by atoms with Crippen molar-refractivity contribution in [2.45, 2.75) is 6.92 Å². The average molecular weight is 387 g/mol. The van der Waals surface area contributed by atoms with E-state index in [4.69, 9.17) is 0 Å². The summed E-state index contributed by atoms with van der Waals surface area (Å²) in [4.78, 5) is 24.2. The van der Waals surface area contributed by atoms with E-state index in [0.717, 1.165) is 29.4 Å². The lowest BCUT2D eigenvalue weighted by Crippen LogP contribution is -2.18. The average Bonchev–Trinajstić information content (AvgIpc) is 2.73. The van der Waals surface area contributed by atoms with Gasteiger partial charge in [0.1, 0.15) is 0 Å². The highest BCUT2D eigenvalue weighted by atomic mass is 16.6. The molecule has 144 valence electrons. The molecule has 0 amide bonds. The Bertz CT molecular complexity index is 1210. The molecule has 0 N–H and O–H groups in total. The van der Waals surface area contributed by atoms with E-state index in [9.17, 15) is 20.2 Å². The van der Waals surface area contributed by atoms with Crippen molar-refractivity contribution >= 4 is 39.5 Å². The Balaban J connectivity index is 2.02. The summed E-state index contributed by atoms with van der Waals surface area (Å²) in [7, 11) is 0. The first-order valence-corrected chi connectivity index (χ1v) is 9.11. The van der Waals surface area contributed by atoms with E-state index in [1.54, 1.807) is 30.3 Å². The number of nitro groups is 2. The van der Waals surface area contributed by atoms with Crippen LogP contribution in [-0.2, 0) is 0 Å². The standard InChI is InChI=1S/C22H17N3O4/c1-2-23-12-11-15(16-7-5-6-10-20(16)23)13-19-17-8-3-4-9-18(17)21(24(26)27)14-22(19)25(28)29/h3-14H,2H2,1H3/b15-13-. The molecule has 7 nitrogen and oxygen atoms in total. The summed E-state index contributed by atoms with van der Waals surface area (Å²) < 4.78 is 0. The molecular weight excluding hydrogens is 370 g/mol.